The summed E-state index contributed by atoms with van der Waals surface area (Å²) in [6.45, 7) is 0. The molecule has 3 rings (SSSR count). The molecular weight excluding hydrogens is 377 g/mol. The van der Waals surface area contributed by atoms with Gasteiger partial charge in [0, 0.05) is 24.9 Å². The van der Waals surface area contributed by atoms with Crippen LogP contribution in [0.15, 0.2) is 12.3 Å². The van der Waals surface area contributed by atoms with E-state index < -0.39 is 12.1 Å². The molecule has 0 bridgehead atoms. The van der Waals surface area contributed by atoms with Crippen molar-refractivity contribution in [2.45, 2.75) is 57.0 Å². The van der Waals surface area contributed by atoms with E-state index in [9.17, 15) is 13.2 Å². The van der Waals surface area contributed by atoms with E-state index in [0.29, 0.717) is 18.8 Å². The third-order valence-corrected chi connectivity index (χ3v) is 5.11. The van der Waals surface area contributed by atoms with Crippen molar-refractivity contribution in [2.75, 3.05) is 14.2 Å². The summed E-state index contributed by atoms with van der Waals surface area (Å²) >= 11 is 4.08. The van der Waals surface area contributed by atoms with Gasteiger partial charge in [-0.15, -0.1) is 0 Å². The Hall–Kier alpha value is -1.64. The summed E-state index contributed by atoms with van der Waals surface area (Å²) in [5.74, 6) is 0.405. The zero-order chi connectivity index (χ0) is 20.2. The number of alkyl halides is 3. The van der Waals surface area contributed by atoms with E-state index >= 15 is 0 Å². The largest absolute Gasteiger partial charge is 0.496 e. The average molecular weight is 405 g/mol. The molecule has 2 aliphatic rings. The maximum absolute atomic E-state index is 11.9. The molecule has 0 unspecified atom stereocenters. The standard InChI is InChI=1S/C11H16N4OS.C7H11F3/c1-14(17)11(13)15-6-8(7-3-4-7)9(16-2)5-10(15)12;8-7(9,10)6-4-2-1-3-5-6/h5-7,12-13,17H,3-4H2,1-2H3;6H,1-5H2. The summed E-state index contributed by atoms with van der Waals surface area (Å²) in [4.78, 5) is 0. The van der Waals surface area contributed by atoms with E-state index in [1.165, 1.54) is 8.87 Å². The molecule has 0 saturated heterocycles. The monoisotopic (exact) mass is 404 g/mol. The first-order valence-corrected chi connectivity index (χ1v) is 9.48. The second-order valence-corrected chi connectivity index (χ2v) is 7.65. The third kappa shape index (κ3) is 5.92. The van der Waals surface area contributed by atoms with Gasteiger partial charge in [-0.25, -0.2) is 0 Å². The summed E-state index contributed by atoms with van der Waals surface area (Å²) in [5.41, 5.74) is 1.29. The molecule has 27 heavy (non-hydrogen) atoms. The predicted molar refractivity (Wildman–Crippen MR) is 101 cm³/mol. The van der Waals surface area contributed by atoms with Crippen LogP contribution in [-0.4, -0.2) is 35.2 Å². The molecule has 5 nitrogen and oxygen atoms in total. The minimum Gasteiger partial charge on any atom is -0.496 e. The third-order valence-electron chi connectivity index (χ3n) is 4.92. The Balaban J connectivity index is 0.000000223. The molecule has 1 heterocycles. The van der Waals surface area contributed by atoms with Gasteiger partial charge in [-0.05, 0) is 31.6 Å². The molecule has 0 amide bonds. The lowest BCUT2D eigenvalue weighted by molar-refractivity contribution is -0.181. The highest BCUT2D eigenvalue weighted by Crippen LogP contribution is 2.43. The van der Waals surface area contributed by atoms with E-state index in [4.69, 9.17) is 15.6 Å². The lowest BCUT2D eigenvalue weighted by Crippen LogP contribution is -2.33. The van der Waals surface area contributed by atoms with Crippen LogP contribution in [-0.2, 0) is 0 Å². The van der Waals surface area contributed by atoms with Crippen molar-refractivity contribution in [3.8, 4) is 5.75 Å². The summed E-state index contributed by atoms with van der Waals surface area (Å²) in [7, 11) is 3.28. The van der Waals surface area contributed by atoms with Crippen LogP contribution in [0, 0.1) is 16.7 Å². The topological polar surface area (TPSA) is 65.1 Å². The lowest BCUT2D eigenvalue weighted by atomic mass is 9.89. The van der Waals surface area contributed by atoms with Crippen LogP contribution in [0.2, 0.25) is 0 Å². The van der Waals surface area contributed by atoms with E-state index in [-0.39, 0.29) is 11.4 Å². The van der Waals surface area contributed by atoms with Crippen molar-refractivity contribution < 1.29 is 17.9 Å². The van der Waals surface area contributed by atoms with Gasteiger partial charge in [-0.1, -0.05) is 32.1 Å². The van der Waals surface area contributed by atoms with Gasteiger partial charge in [0.25, 0.3) is 0 Å². The number of halogens is 3. The van der Waals surface area contributed by atoms with Crippen molar-refractivity contribution in [3.63, 3.8) is 0 Å². The number of hydrogen-bond acceptors (Lipinski definition) is 4. The fourth-order valence-electron chi connectivity index (χ4n) is 3.19. The molecule has 2 N–H and O–H groups in total. The quantitative estimate of drug-likeness (QED) is 0.385. The highest BCUT2D eigenvalue weighted by molar-refractivity contribution is 7.78. The highest BCUT2D eigenvalue weighted by atomic mass is 32.1. The first kappa shape index (κ1) is 21.7. The number of pyridine rings is 1. The van der Waals surface area contributed by atoms with Gasteiger partial charge >= 0.3 is 6.18 Å². The zero-order valence-electron chi connectivity index (χ0n) is 15.6. The van der Waals surface area contributed by atoms with Crippen LogP contribution in [0.1, 0.15) is 56.4 Å². The van der Waals surface area contributed by atoms with Crippen molar-refractivity contribution >= 4 is 18.8 Å². The van der Waals surface area contributed by atoms with E-state index in [1.807, 2.05) is 6.20 Å². The summed E-state index contributed by atoms with van der Waals surface area (Å²) < 4.78 is 44.0. The SMILES string of the molecule is COc1cc(=N)n(C(=N)N(C)S)cc1C1CC1.FC(F)(F)C1CCCCC1. The number of methoxy groups -OCH3 is 1. The number of thiol groups is 1. The minimum atomic E-state index is -3.93. The molecule has 2 aliphatic carbocycles. The number of ether oxygens (including phenoxy) is 1. The number of aromatic nitrogens is 1. The minimum absolute atomic E-state index is 0.155. The molecular formula is C18H27F3N4OS. The van der Waals surface area contributed by atoms with Crippen molar-refractivity contribution in [1.29, 1.82) is 10.8 Å². The first-order chi connectivity index (χ1) is 12.6. The number of nitrogens with zero attached hydrogens (tertiary/aromatic N) is 2. The molecule has 1 aromatic rings. The molecule has 2 saturated carbocycles. The van der Waals surface area contributed by atoms with E-state index in [2.05, 4.69) is 12.8 Å². The van der Waals surface area contributed by atoms with Crippen molar-refractivity contribution in [2.24, 2.45) is 5.92 Å². The van der Waals surface area contributed by atoms with Crippen LogP contribution >= 0.6 is 12.8 Å². The van der Waals surface area contributed by atoms with Gasteiger partial charge in [-0.3, -0.25) is 19.7 Å². The number of nitrogens with one attached hydrogen (secondary N) is 2. The smallest absolute Gasteiger partial charge is 0.391 e. The number of rotatable bonds is 2. The lowest BCUT2D eigenvalue weighted by Gasteiger charge is -2.23. The molecule has 9 heteroatoms. The van der Waals surface area contributed by atoms with Gasteiger partial charge in [-0.2, -0.15) is 13.2 Å². The molecule has 1 aromatic heterocycles. The first-order valence-electron chi connectivity index (χ1n) is 9.08. The molecule has 0 atom stereocenters. The Morgan fingerprint density at radius 2 is 1.81 bits per heavy atom. The van der Waals surface area contributed by atoms with Gasteiger partial charge in [0.15, 0.2) is 0 Å². The van der Waals surface area contributed by atoms with Crippen LogP contribution in [0.4, 0.5) is 13.2 Å². The summed E-state index contributed by atoms with van der Waals surface area (Å²) in [6, 6.07) is 1.65. The van der Waals surface area contributed by atoms with Gasteiger partial charge in [0.2, 0.25) is 5.96 Å². The normalized spacial score (nSPS) is 17.7. The van der Waals surface area contributed by atoms with Crippen molar-refractivity contribution in [1.82, 2.24) is 8.87 Å². The number of hydrogen-bond donors (Lipinski definition) is 3. The molecule has 0 radical (unpaired) electrons. The van der Waals surface area contributed by atoms with Crippen molar-refractivity contribution in [3.05, 3.63) is 23.3 Å². The molecule has 0 aromatic carbocycles. The average Bonchev–Trinajstić information content (AvgIpc) is 3.46. The second-order valence-electron chi connectivity index (χ2n) is 7.05. The molecule has 0 aliphatic heterocycles. The van der Waals surface area contributed by atoms with E-state index in [0.717, 1.165) is 43.4 Å². The maximum atomic E-state index is 11.9. The Bertz CT molecular complexity index is 708. The van der Waals surface area contributed by atoms with Gasteiger partial charge < -0.3 is 4.74 Å². The molecule has 152 valence electrons. The van der Waals surface area contributed by atoms with Gasteiger partial charge in [0.1, 0.15) is 11.2 Å². The Morgan fingerprint density at radius 1 is 1.22 bits per heavy atom. The summed E-state index contributed by atoms with van der Waals surface area (Å²) in [5, 5.41) is 15.7. The van der Waals surface area contributed by atoms with Crippen LogP contribution < -0.4 is 10.2 Å². The Kier molecular flexibility index (Phi) is 7.25. The molecule has 0 spiro atoms. The Labute approximate surface area is 163 Å². The van der Waals surface area contributed by atoms with E-state index in [1.54, 1.807) is 20.2 Å². The predicted octanol–water partition coefficient (Wildman–Crippen LogP) is 4.54. The maximum Gasteiger partial charge on any atom is 0.391 e. The van der Waals surface area contributed by atoms with Gasteiger partial charge in [0.05, 0.1) is 13.0 Å². The Morgan fingerprint density at radius 3 is 2.22 bits per heavy atom. The molecule has 2 fully saturated rings. The highest BCUT2D eigenvalue weighted by Gasteiger charge is 2.39. The van der Waals surface area contributed by atoms with Crippen LogP contribution in [0.3, 0.4) is 0 Å². The second kappa shape index (κ2) is 9.03. The fourth-order valence-corrected chi connectivity index (χ4v) is 3.28. The van der Waals surface area contributed by atoms with Crippen LogP contribution in [0.5, 0.6) is 5.75 Å². The van der Waals surface area contributed by atoms with Crippen LogP contribution in [0.25, 0.3) is 0 Å². The fraction of sp³-hybridized carbons (Fsp3) is 0.667. The zero-order valence-corrected chi connectivity index (χ0v) is 16.5. The summed E-state index contributed by atoms with van der Waals surface area (Å²) in [6.07, 6.45) is 3.37.